The summed E-state index contributed by atoms with van der Waals surface area (Å²) in [4.78, 5) is 3.92. The first kappa shape index (κ1) is 10.8. The second-order valence-electron chi connectivity index (χ2n) is 3.55. The van der Waals surface area contributed by atoms with E-state index in [9.17, 15) is 0 Å². The first-order valence-electron chi connectivity index (χ1n) is 5.00. The Morgan fingerprint density at radius 1 is 1.41 bits per heavy atom. The van der Waals surface area contributed by atoms with Crippen LogP contribution in [-0.4, -0.2) is 15.5 Å². The van der Waals surface area contributed by atoms with E-state index in [1.165, 1.54) is 0 Å². The maximum absolute atomic E-state index is 8.57. The molecule has 5 heteroatoms. The molecule has 0 amide bonds. The molecule has 0 aliphatic carbocycles. The Morgan fingerprint density at radius 3 is 2.88 bits per heavy atom. The molecule has 17 heavy (non-hydrogen) atoms. The van der Waals surface area contributed by atoms with Crippen LogP contribution in [0.2, 0.25) is 0 Å². The minimum atomic E-state index is -0.102. The highest BCUT2D eigenvalue weighted by Gasteiger charge is 2.01. The molecule has 0 aliphatic rings. The lowest BCUT2D eigenvalue weighted by Gasteiger charge is -1.98. The number of fused-ring (bicyclic) bond motifs is 1. The number of hydrogen-bond donors (Lipinski definition) is 0. The Hall–Kier alpha value is -2.66. The lowest BCUT2D eigenvalue weighted by atomic mass is 10.1. The van der Waals surface area contributed by atoms with Gasteiger partial charge in [-0.3, -0.25) is 9.67 Å². The monoisotopic (exact) mass is 223 g/mol. The molecule has 5 nitrogen and oxygen atoms in total. The second kappa shape index (κ2) is 4.46. The van der Waals surface area contributed by atoms with Crippen molar-refractivity contribution < 1.29 is 0 Å². The zero-order valence-corrected chi connectivity index (χ0v) is 9.25. The molecular weight excluding hydrogens is 214 g/mol. The molecule has 2 aromatic rings. The van der Waals surface area contributed by atoms with E-state index in [1.807, 2.05) is 25.2 Å². The van der Waals surface area contributed by atoms with Gasteiger partial charge in [0.05, 0.1) is 18.3 Å². The zero-order valence-electron chi connectivity index (χ0n) is 9.25. The lowest BCUT2D eigenvalue weighted by Crippen LogP contribution is -1.92. The Bertz CT molecular complexity index is 650. The topological polar surface area (TPSA) is 77.8 Å². The molecule has 0 N–H and O–H groups in total. The summed E-state index contributed by atoms with van der Waals surface area (Å²) < 4.78 is 1.78. The minimum absolute atomic E-state index is 0.102. The van der Waals surface area contributed by atoms with Crippen LogP contribution in [0.3, 0.4) is 0 Å². The first-order chi connectivity index (χ1) is 8.24. The van der Waals surface area contributed by atoms with Gasteiger partial charge in [-0.15, -0.1) is 0 Å². The van der Waals surface area contributed by atoms with E-state index >= 15 is 0 Å². The van der Waals surface area contributed by atoms with Gasteiger partial charge in [0.2, 0.25) is 5.71 Å². The molecule has 0 atom stereocenters. The molecule has 2 rings (SSSR count). The lowest BCUT2D eigenvalue weighted by molar-refractivity contribution is 0.796. The van der Waals surface area contributed by atoms with Gasteiger partial charge < -0.3 is 0 Å². The van der Waals surface area contributed by atoms with Gasteiger partial charge >= 0.3 is 0 Å². The predicted octanol–water partition coefficient (Wildman–Crippen LogP) is 1.56. The van der Waals surface area contributed by atoms with Crippen molar-refractivity contribution in [2.24, 2.45) is 12.0 Å². The maximum atomic E-state index is 8.57. The number of aromatic nitrogens is 2. The molecule has 0 bridgehead atoms. The van der Waals surface area contributed by atoms with Crippen molar-refractivity contribution in [2.75, 3.05) is 0 Å². The fourth-order valence-corrected chi connectivity index (χ4v) is 1.55. The zero-order chi connectivity index (χ0) is 12.3. The highest BCUT2D eigenvalue weighted by Crippen LogP contribution is 2.15. The van der Waals surface area contributed by atoms with Crippen molar-refractivity contribution >= 4 is 16.6 Å². The normalized spacial score (nSPS) is 9.59. The number of hydrogen-bond acceptors (Lipinski definition) is 4. The quantitative estimate of drug-likeness (QED) is 0.725. The van der Waals surface area contributed by atoms with Gasteiger partial charge in [0.1, 0.15) is 12.1 Å². The molecule has 1 heterocycles. The van der Waals surface area contributed by atoms with Gasteiger partial charge in [0.25, 0.3) is 0 Å². The highest BCUT2D eigenvalue weighted by atomic mass is 15.2. The molecule has 0 spiro atoms. The molecule has 0 aliphatic heterocycles. The SMILES string of the molecule is Cn1ncc2ccc(CN=C(C#N)C#N)cc21. The smallest absolute Gasteiger partial charge is 0.213 e. The van der Waals surface area contributed by atoms with Gasteiger partial charge in [-0.05, 0) is 11.6 Å². The molecular formula is C12H9N5. The molecule has 1 aromatic carbocycles. The summed E-state index contributed by atoms with van der Waals surface area (Å²) in [6.07, 6.45) is 1.79. The van der Waals surface area contributed by atoms with Crippen LogP contribution in [0.5, 0.6) is 0 Å². The van der Waals surface area contributed by atoms with Crippen molar-refractivity contribution in [3.63, 3.8) is 0 Å². The van der Waals surface area contributed by atoms with Crippen LogP contribution < -0.4 is 0 Å². The summed E-state index contributed by atoms with van der Waals surface area (Å²) in [6.45, 7) is 0.331. The van der Waals surface area contributed by atoms with Crippen molar-refractivity contribution in [1.29, 1.82) is 10.5 Å². The average molecular weight is 223 g/mol. The third-order valence-corrected chi connectivity index (χ3v) is 2.45. The van der Waals surface area contributed by atoms with Crippen molar-refractivity contribution in [3.8, 4) is 12.1 Å². The Kier molecular flexibility index (Phi) is 2.85. The highest BCUT2D eigenvalue weighted by molar-refractivity contribution is 6.10. The van der Waals surface area contributed by atoms with E-state index < -0.39 is 0 Å². The Balaban J connectivity index is 2.32. The van der Waals surface area contributed by atoms with Crippen LogP contribution in [-0.2, 0) is 13.6 Å². The molecule has 0 unspecified atom stereocenters. The van der Waals surface area contributed by atoms with Crippen LogP contribution >= 0.6 is 0 Å². The molecule has 0 fully saturated rings. The van der Waals surface area contributed by atoms with E-state index in [2.05, 4.69) is 10.1 Å². The second-order valence-corrected chi connectivity index (χ2v) is 3.55. The third kappa shape index (κ3) is 2.14. The summed E-state index contributed by atoms with van der Waals surface area (Å²) in [6, 6.07) is 9.30. The van der Waals surface area contributed by atoms with Crippen molar-refractivity contribution in [1.82, 2.24) is 9.78 Å². The van der Waals surface area contributed by atoms with Crippen LogP contribution in [0.15, 0.2) is 29.4 Å². The van der Waals surface area contributed by atoms with Crippen LogP contribution in [0.1, 0.15) is 5.56 Å². The first-order valence-corrected chi connectivity index (χ1v) is 5.00. The van der Waals surface area contributed by atoms with Crippen molar-refractivity contribution in [2.45, 2.75) is 6.54 Å². The average Bonchev–Trinajstić information content (AvgIpc) is 2.72. The van der Waals surface area contributed by atoms with Gasteiger partial charge in [-0.1, -0.05) is 12.1 Å². The number of aryl methyl sites for hydroxylation is 1. The maximum Gasteiger partial charge on any atom is 0.213 e. The summed E-state index contributed by atoms with van der Waals surface area (Å²) in [5.41, 5.74) is 1.85. The Morgan fingerprint density at radius 2 is 2.18 bits per heavy atom. The standard InChI is InChI=1S/C12H9N5/c1-17-12-4-9(2-3-10(12)8-16-17)7-15-11(5-13)6-14/h2-4,8H,7H2,1H3. The van der Waals surface area contributed by atoms with Gasteiger partial charge in [-0.25, -0.2) is 0 Å². The fraction of sp³-hybridized carbons (Fsp3) is 0.167. The number of nitriles is 2. The Labute approximate surface area is 98.2 Å². The number of aliphatic imine (C=N–C) groups is 1. The predicted molar refractivity (Wildman–Crippen MR) is 63.1 cm³/mol. The molecule has 0 saturated carbocycles. The largest absolute Gasteiger partial charge is 0.268 e. The fourth-order valence-electron chi connectivity index (χ4n) is 1.55. The van der Waals surface area contributed by atoms with Crippen LogP contribution in [0.25, 0.3) is 10.9 Å². The molecule has 1 aromatic heterocycles. The molecule has 0 saturated heterocycles. The number of benzene rings is 1. The van der Waals surface area contributed by atoms with E-state index in [0.717, 1.165) is 16.5 Å². The van der Waals surface area contributed by atoms with Gasteiger partial charge in [-0.2, -0.15) is 15.6 Å². The molecule has 0 radical (unpaired) electrons. The van der Waals surface area contributed by atoms with E-state index in [4.69, 9.17) is 10.5 Å². The van der Waals surface area contributed by atoms with Gasteiger partial charge in [0, 0.05) is 12.4 Å². The number of nitrogens with zero attached hydrogens (tertiary/aromatic N) is 5. The minimum Gasteiger partial charge on any atom is -0.268 e. The van der Waals surface area contributed by atoms with E-state index in [-0.39, 0.29) is 5.71 Å². The van der Waals surface area contributed by atoms with E-state index in [1.54, 1.807) is 23.0 Å². The third-order valence-electron chi connectivity index (χ3n) is 2.45. The van der Waals surface area contributed by atoms with E-state index in [0.29, 0.717) is 6.54 Å². The number of rotatable bonds is 2. The summed E-state index contributed by atoms with van der Waals surface area (Å²) in [7, 11) is 1.87. The summed E-state index contributed by atoms with van der Waals surface area (Å²) in [5.74, 6) is 0. The van der Waals surface area contributed by atoms with Crippen molar-refractivity contribution in [3.05, 3.63) is 30.0 Å². The summed E-state index contributed by atoms with van der Waals surface area (Å²) in [5, 5.41) is 22.3. The van der Waals surface area contributed by atoms with Crippen LogP contribution in [0.4, 0.5) is 0 Å². The summed E-state index contributed by atoms with van der Waals surface area (Å²) >= 11 is 0. The molecule has 82 valence electrons. The van der Waals surface area contributed by atoms with Crippen LogP contribution in [0, 0.1) is 22.7 Å². The van der Waals surface area contributed by atoms with Gasteiger partial charge in [0.15, 0.2) is 0 Å².